The van der Waals surface area contributed by atoms with Gasteiger partial charge >= 0.3 is 0 Å². The minimum Gasteiger partial charge on any atom is -0.376 e. The van der Waals surface area contributed by atoms with Gasteiger partial charge in [-0.1, -0.05) is 0 Å². The third kappa shape index (κ3) is 2.75. The molecule has 1 aliphatic heterocycles. The van der Waals surface area contributed by atoms with Gasteiger partial charge in [0.2, 0.25) is 0 Å². The lowest BCUT2D eigenvalue weighted by Gasteiger charge is -2.29. The molecule has 1 aromatic heterocycles. The molecule has 7 heteroatoms. The minimum atomic E-state index is 0.0579. The molecule has 2 atom stereocenters. The number of nitrogens with one attached hydrogen (secondary N) is 1. The van der Waals surface area contributed by atoms with Crippen molar-refractivity contribution < 1.29 is 9.47 Å². The van der Waals surface area contributed by atoms with Crippen LogP contribution in [0.3, 0.4) is 0 Å². The molecule has 0 saturated carbocycles. The van der Waals surface area contributed by atoms with Crippen molar-refractivity contribution >= 4 is 0 Å². The number of nitrogens with zero attached hydrogens (tertiary/aromatic N) is 4. The van der Waals surface area contributed by atoms with Crippen LogP contribution in [-0.4, -0.2) is 59.2 Å². The lowest BCUT2D eigenvalue weighted by atomic mass is 10.1. The summed E-state index contributed by atoms with van der Waals surface area (Å²) in [6.07, 6.45) is 0.751. The fourth-order valence-electron chi connectivity index (χ4n) is 1.76. The molecular formula is C9H17N5O2. The first kappa shape index (κ1) is 11.4. The SMILES string of the molecule is CNC(Cc1nnn(C)n1)C1COCCO1. The van der Waals surface area contributed by atoms with Crippen molar-refractivity contribution in [3.05, 3.63) is 5.82 Å². The van der Waals surface area contributed by atoms with Crippen LogP contribution in [0.15, 0.2) is 0 Å². The van der Waals surface area contributed by atoms with Gasteiger partial charge in [0.05, 0.1) is 33.0 Å². The van der Waals surface area contributed by atoms with Crippen molar-refractivity contribution in [2.45, 2.75) is 18.6 Å². The summed E-state index contributed by atoms with van der Waals surface area (Å²) in [6.45, 7) is 1.94. The highest BCUT2D eigenvalue weighted by Crippen LogP contribution is 2.08. The molecule has 0 spiro atoms. The Morgan fingerprint density at radius 2 is 2.44 bits per heavy atom. The summed E-state index contributed by atoms with van der Waals surface area (Å²) >= 11 is 0. The molecule has 2 rings (SSSR count). The zero-order chi connectivity index (χ0) is 11.4. The zero-order valence-corrected chi connectivity index (χ0v) is 9.59. The number of rotatable bonds is 4. The molecule has 0 bridgehead atoms. The molecule has 1 N–H and O–H groups in total. The maximum absolute atomic E-state index is 5.64. The highest BCUT2D eigenvalue weighted by molar-refractivity contribution is 4.89. The summed E-state index contributed by atoms with van der Waals surface area (Å²) in [4.78, 5) is 1.46. The Labute approximate surface area is 94.1 Å². The Kier molecular flexibility index (Phi) is 3.81. The van der Waals surface area contributed by atoms with Crippen LogP contribution in [0.1, 0.15) is 5.82 Å². The average molecular weight is 227 g/mol. The summed E-state index contributed by atoms with van der Waals surface area (Å²) in [7, 11) is 3.66. The van der Waals surface area contributed by atoms with E-state index in [2.05, 4.69) is 20.7 Å². The predicted octanol–water partition coefficient (Wildman–Crippen LogP) is -1.24. The maximum atomic E-state index is 5.64. The van der Waals surface area contributed by atoms with Gasteiger partial charge in [-0.05, 0) is 12.3 Å². The molecule has 0 amide bonds. The van der Waals surface area contributed by atoms with Gasteiger partial charge in [-0.3, -0.25) is 0 Å². The summed E-state index contributed by atoms with van der Waals surface area (Å²) in [5.74, 6) is 0.719. The van der Waals surface area contributed by atoms with Crippen LogP contribution in [-0.2, 0) is 22.9 Å². The van der Waals surface area contributed by atoms with E-state index in [-0.39, 0.29) is 12.1 Å². The maximum Gasteiger partial charge on any atom is 0.176 e. The largest absolute Gasteiger partial charge is 0.376 e. The Morgan fingerprint density at radius 1 is 1.56 bits per heavy atom. The molecule has 2 heterocycles. The van der Waals surface area contributed by atoms with E-state index in [0.29, 0.717) is 26.2 Å². The van der Waals surface area contributed by atoms with Gasteiger partial charge in [-0.15, -0.1) is 10.2 Å². The number of likely N-dealkylation sites (N-methyl/N-ethyl adjacent to an activating group) is 1. The molecule has 16 heavy (non-hydrogen) atoms. The Hall–Kier alpha value is -1.05. The van der Waals surface area contributed by atoms with Crippen molar-refractivity contribution in [1.82, 2.24) is 25.5 Å². The van der Waals surface area contributed by atoms with Crippen LogP contribution in [0.2, 0.25) is 0 Å². The Bertz CT molecular complexity index is 323. The van der Waals surface area contributed by atoms with E-state index < -0.39 is 0 Å². The first-order chi connectivity index (χ1) is 7.79. The van der Waals surface area contributed by atoms with Gasteiger partial charge < -0.3 is 14.8 Å². The zero-order valence-electron chi connectivity index (χ0n) is 9.59. The van der Waals surface area contributed by atoms with Gasteiger partial charge in [0, 0.05) is 12.5 Å². The molecule has 0 radical (unpaired) electrons. The molecule has 1 aromatic rings. The van der Waals surface area contributed by atoms with Crippen molar-refractivity contribution in [2.24, 2.45) is 7.05 Å². The topological polar surface area (TPSA) is 74.1 Å². The van der Waals surface area contributed by atoms with E-state index in [1.54, 1.807) is 7.05 Å². The van der Waals surface area contributed by atoms with E-state index in [0.717, 1.165) is 5.82 Å². The molecule has 1 aliphatic rings. The lowest BCUT2D eigenvalue weighted by molar-refractivity contribution is -0.101. The van der Waals surface area contributed by atoms with Gasteiger partial charge in [-0.2, -0.15) is 4.80 Å². The minimum absolute atomic E-state index is 0.0579. The predicted molar refractivity (Wildman–Crippen MR) is 55.9 cm³/mol. The smallest absolute Gasteiger partial charge is 0.176 e. The van der Waals surface area contributed by atoms with Gasteiger partial charge in [0.15, 0.2) is 5.82 Å². The van der Waals surface area contributed by atoms with Gasteiger partial charge in [-0.25, -0.2) is 0 Å². The fraction of sp³-hybridized carbons (Fsp3) is 0.889. The summed E-state index contributed by atoms with van der Waals surface area (Å²) in [5, 5.41) is 15.1. The van der Waals surface area contributed by atoms with Crippen molar-refractivity contribution in [3.63, 3.8) is 0 Å². The summed E-state index contributed by atoms with van der Waals surface area (Å²) in [5.41, 5.74) is 0. The molecule has 0 aromatic carbocycles. The van der Waals surface area contributed by atoms with Crippen LogP contribution in [0, 0.1) is 0 Å². The lowest BCUT2D eigenvalue weighted by Crippen LogP contribution is -2.46. The quantitative estimate of drug-likeness (QED) is 0.693. The van der Waals surface area contributed by atoms with Crippen LogP contribution in [0.25, 0.3) is 0 Å². The fourth-order valence-corrected chi connectivity index (χ4v) is 1.76. The first-order valence-electron chi connectivity index (χ1n) is 5.39. The third-order valence-corrected chi connectivity index (χ3v) is 2.61. The second-order valence-corrected chi connectivity index (χ2v) is 3.78. The second kappa shape index (κ2) is 5.33. The first-order valence-corrected chi connectivity index (χ1v) is 5.39. The molecular weight excluding hydrogens is 210 g/mol. The van der Waals surface area contributed by atoms with E-state index in [9.17, 15) is 0 Å². The molecule has 2 unspecified atom stereocenters. The van der Waals surface area contributed by atoms with E-state index >= 15 is 0 Å². The molecule has 1 fully saturated rings. The third-order valence-electron chi connectivity index (χ3n) is 2.61. The summed E-state index contributed by atoms with van der Waals surface area (Å²) in [6, 6.07) is 0.157. The van der Waals surface area contributed by atoms with Crippen LogP contribution in [0.4, 0.5) is 0 Å². The number of hydrogen-bond donors (Lipinski definition) is 1. The normalized spacial score (nSPS) is 23.2. The van der Waals surface area contributed by atoms with E-state index in [1.807, 2.05) is 7.05 Å². The number of ether oxygens (including phenoxy) is 2. The standard InChI is InChI=1S/C9H17N5O2/c1-10-7(8-6-15-3-4-16-8)5-9-11-13-14(2)12-9/h7-8,10H,3-6H2,1-2H3. The Balaban J connectivity index is 1.94. The van der Waals surface area contributed by atoms with E-state index in [4.69, 9.17) is 9.47 Å². The summed E-state index contributed by atoms with van der Waals surface area (Å²) < 4.78 is 11.0. The van der Waals surface area contributed by atoms with Crippen molar-refractivity contribution in [2.75, 3.05) is 26.9 Å². The number of tetrazole rings is 1. The molecule has 0 aliphatic carbocycles. The average Bonchev–Trinajstić information content (AvgIpc) is 2.73. The highest BCUT2D eigenvalue weighted by atomic mass is 16.6. The molecule has 1 saturated heterocycles. The highest BCUT2D eigenvalue weighted by Gasteiger charge is 2.25. The number of aryl methyl sites for hydroxylation is 1. The monoisotopic (exact) mass is 227 g/mol. The van der Waals surface area contributed by atoms with Crippen LogP contribution in [0.5, 0.6) is 0 Å². The van der Waals surface area contributed by atoms with Crippen LogP contribution < -0.4 is 5.32 Å². The molecule has 7 nitrogen and oxygen atoms in total. The number of hydrogen-bond acceptors (Lipinski definition) is 6. The van der Waals surface area contributed by atoms with Gasteiger partial charge in [0.1, 0.15) is 0 Å². The molecule has 90 valence electrons. The van der Waals surface area contributed by atoms with Crippen LogP contribution >= 0.6 is 0 Å². The van der Waals surface area contributed by atoms with Gasteiger partial charge in [0.25, 0.3) is 0 Å². The number of aromatic nitrogens is 4. The Morgan fingerprint density at radius 3 is 3.00 bits per heavy atom. The van der Waals surface area contributed by atoms with Crippen molar-refractivity contribution in [1.29, 1.82) is 0 Å². The van der Waals surface area contributed by atoms with E-state index in [1.165, 1.54) is 4.80 Å². The second-order valence-electron chi connectivity index (χ2n) is 3.78. The van der Waals surface area contributed by atoms with Crippen molar-refractivity contribution in [3.8, 4) is 0 Å².